The van der Waals surface area contributed by atoms with E-state index in [1.165, 1.54) is 7.11 Å². The lowest BCUT2D eigenvalue weighted by Gasteiger charge is -2.40. The second kappa shape index (κ2) is 7.62. The molecule has 1 aliphatic rings. The van der Waals surface area contributed by atoms with Crippen LogP contribution in [-0.4, -0.2) is 43.1 Å². The van der Waals surface area contributed by atoms with Gasteiger partial charge in [-0.3, -0.25) is 9.69 Å². The van der Waals surface area contributed by atoms with Crippen molar-refractivity contribution in [3.05, 3.63) is 22.7 Å². The number of ether oxygens (including phenoxy) is 1. The molecule has 0 spiro atoms. The lowest BCUT2D eigenvalue weighted by molar-refractivity contribution is 0.0816. The summed E-state index contributed by atoms with van der Waals surface area (Å²) < 4.78 is 5.24. The van der Waals surface area contributed by atoms with Gasteiger partial charge in [-0.15, -0.1) is 0 Å². The Morgan fingerprint density at radius 1 is 1.38 bits per heavy atom. The van der Waals surface area contributed by atoms with Gasteiger partial charge in [0.25, 0.3) is 5.91 Å². The maximum Gasteiger partial charge on any atom is 0.255 e. The molecule has 1 aromatic rings. The topological polar surface area (TPSA) is 67.6 Å². The number of rotatable bonds is 4. The van der Waals surface area contributed by atoms with Gasteiger partial charge in [0.15, 0.2) is 0 Å². The number of nitrogens with one attached hydrogen (secondary N) is 1. The molecule has 1 aliphatic heterocycles. The third-order valence-corrected chi connectivity index (χ3v) is 5.01. The van der Waals surface area contributed by atoms with Gasteiger partial charge < -0.3 is 15.8 Å². The fraction of sp³-hybridized carbons (Fsp3) is 0.611. The third-order valence-electron chi connectivity index (χ3n) is 4.68. The van der Waals surface area contributed by atoms with Crippen LogP contribution >= 0.6 is 11.6 Å². The van der Waals surface area contributed by atoms with Crippen molar-refractivity contribution in [1.82, 2.24) is 10.2 Å². The number of amides is 1. The maximum atomic E-state index is 12.5. The zero-order chi connectivity index (χ0) is 17.9. The first-order valence-corrected chi connectivity index (χ1v) is 8.76. The van der Waals surface area contributed by atoms with Crippen LogP contribution < -0.4 is 15.8 Å². The zero-order valence-electron chi connectivity index (χ0n) is 15.0. The number of benzene rings is 1. The van der Waals surface area contributed by atoms with Gasteiger partial charge in [-0.25, -0.2) is 0 Å². The molecule has 1 amide bonds. The number of nitrogens with zero attached hydrogens (tertiary/aromatic N) is 1. The number of carbonyl (C=O) groups is 1. The highest BCUT2D eigenvalue weighted by Gasteiger charge is 2.27. The van der Waals surface area contributed by atoms with Gasteiger partial charge >= 0.3 is 0 Å². The summed E-state index contributed by atoms with van der Waals surface area (Å²) in [6.07, 6.45) is 2.19. The summed E-state index contributed by atoms with van der Waals surface area (Å²) in [7, 11) is 1.52. The summed E-state index contributed by atoms with van der Waals surface area (Å²) in [5.74, 6) is 0.770. The van der Waals surface area contributed by atoms with Crippen LogP contribution in [0.25, 0.3) is 0 Å². The summed E-state index contributed by atoms with van der Waals surface area (Å²) in [5.41, 5.74) is 6.79. The SMILES string of the molecule is COc1cc(N)c(Cl)cc1C(=O)NCC1CCN(C(C)(C)C)CC1. The Labute approximate surface area is 149 Å². The van der Waals surface area contributed by atoms with E-state index in [1.807, 2.05) is 0 Å². The van der Waals surface area contributed by atoms with E-state index >= 15 is 0 Å². The second-order valence-electron chi connectivity index (χ2n) is 7.39. The van der Waals surface area contributed by atoms with Crippen LogP contribution in [0.15, 0.2) is 12.1 Å². The largest absolute Gasteiger partial charge is 0.496 e. The molecule has 0 saturated carbocycles. The molecule has 3 N–H and O–H groups in total. The van der Waals surface area contributed by atoms with Crippen molar-refractivity contribution < 1.29 is 9.53 Å². The minimum absolute atomic E-state index is 0.174. The Bertz CT molecular complexity index is 591. The first-order chi connectivity index (χ1) is 11.2. The smallest absolute Gasteiger partial charge is 0.255 e. The van der Waals surface area contributed by atoms with E-state index in [4.69, 9.17) is 22.1 Å². The van der Waals surface area contributed by atoms with Crippen molar-refractivity contribution >= 4 is 23.2 Å². The predicted molar refractivity (Wildman–Crippen MR) is 98.8 cm³/mol. The number of nitrogens with two attached hydrogens (primary N) is 1. The molecule has 0 bridgehead atoms. The Morgan fingerprint density at radius 2 is 2.00 bits per heavy atom. The second-order valence-corrected chi connectivity index (χ2v) is 7.79. The summed E-state index contributed by atoms with van der Waals surface area (Å²) in [4.78, 5) is 14.9. The van der Waals surface area contributed by atoms with Crippen LogP contribution in [0.4, 0.5) is 5.69 Å². The first-order valence-electron chi connectivity index (χ1n) is 8.38. The van der Waals surface area contributed by atoms with Crippen molar-refractivity contribution in [2.45, 2.75) is 39.2 Å². The predicted octanol–water partition coefficient (Wildman–Crippen LogP) is 3.17. The van der Waals surface area contributed by atoms with Crippen LogP contribution in [0, 0.1) is 5.92 Å². The summed E-state index contributed by atoms with van der Waals surface area (Å²) in [5, 5.41) is 3.37. The van der Waals surface area contributed by atoms with E-state index in [1.54, 1.807) is 12.1 Å². The minimum atomic E-state index is -0.174. The molecule has 24 heavy (non-hydrogen) atoms. The molecule has 134 valence electrons. The van der Waals surface area contributed by atoms with Crippen LogP contribution in [0.2, 0.25) is 5.02 Å². The van der Waals surface area contributed by atoms with Gasteiger partial charge in [-0.2, -0.15) is 0 Å². The van der Waals surface area contributed by atoms with Gasteiger partial charge in [0.2, 0.25) is 0 Å². The summed E-state index contributed by atoms with van der Waals surface area (Å²) in [6, 6.07) is 3.15. The number of carbonyl (C=O) groups excluding carboxylic acids is 1. The molecule has 1 saturated heterocycles. The number of hydrogen-bond donors (Lipinski definition) is 2. The molecule has 1 heterocycles. The number of methoxy groups -OCH3 is 1. The van der Waals surface area contributed by atoms with Gasteiger partial charge in [0, 0.05) is 18.2 Å². The lowest BCUT2D eigenvalue weighted by Crippen LogP contribution is -2.47. The Morgan fingerprint density at radius 3 is 2.54 bits per heavy atom. The molecule has 1 aromatic carbocycles. The molecule has 0 radical (unpaired) electrons. The van der Waals surface area contributed by atoms with E-state index < -0.39 is 0 Å². The Kier molecular flexibility index (Phi) is 5.99. The molecule has 6 heteroatoms. The molecular formula is C18H28ClN3O2. The maximum absolute atomic E-state index is 12.5. The van der Waals surface area contributed by atoms with Crippen LogP contribution in [0.3, 0.4) is 0 Å². The minimum Gasteiger partial charge on any atom is -0.496 e. The highest BCUT2D eigenvalue weighted by molar-refractivity contribution is 6.33. The number of hydrogen-bond acceptors (Lipinski definition) is 4. The highest BCUT2D eigenvalue weighted by atomic mass is 35.5. The monoisotopic (exact) mass is 353 g/mol. The van der Waals surface area contributed by atoms with Gasteiger partial charge in [-0.05, 0) is 58.7 Å². The fourth-order valence-corrected chi connectivity index (χ4v) is 3.22. The van der Waals surface area contributed by atoms with Crippen molar-refractivity contribution in [3.63, 3.8) is 0 Å². The molecule has 0 aromatic heterocycles. The van der Waals surface area contributed by atoms with Gasteiger partial charge in [0.1, 0.15) is 5.75 Å². The van der Waals surface area contributed by atoms with Gasteiger partial charge in [-0.1, -0.05) is 11.6 Å². The van der Waals surface area contributed by atoms with E-state index in [0.717, 1.165) is 25.9 Å². The van der Waals surface area contributed by atoms with Crippen molar-refractivity contribution in [2.24, 2.45) is 5.92 Å². The Hall–Kier alpha value is -1.46. The van der Waals surface area contributed by atoms with Crippen LogP contribution in [0.5, 0.6) is 5.75 Å². The zero-order valence-corrected chi connectivity index (χ0v) is 15.7. The quantitative estimate of drug-likeness (QED) is 0.816. The van der Waals surface area contributed by atoms with Crippen LogP contribution in [-0.2, 0) is 0 Å². The normalized spacial score (nSPS) is 16.9. The molecular weight excluding hydrogens is 326 g/mol. The van der Waals surface area contributed by atoms with Crippen molar-refractivity contribution in [1.29, 1.82) is 0 Å². The number of nitrogen functional groups attached to an aromatic ring is 1. The number of anilines is 1. The van der Waals surface area contributed by atoms with E-state index in [0.29, 0.717) is 34.5 Å². The average Bonchev–Trinajstić information content (AvgIpc) is 2.54. The summed E-state index contributed by atoms with van der Waals surface area (Å²) >= 11 is 6.03. The molecule has 0 aliphatic carbocycles. The van der Waals surface area contributed by atoms with Crippen molar-refractivity contribution in [2.75, 3.05) is 32.5 Å². The fourth-order valence-electron chi connectivity index (χ4n) is 3.06. The number of halogens is 1. The van der Waals surface area contributed by atoms with E-state index in [-0.39, 0.29) is 11.4 Å². The van der Waals surface area contributed by atoms with Crippen molar-refractivity contribution in [3.8, 4) is 5.75 Å². The highest BCUT2D eigenvalue weighted by Crippen LogP contribution is 2.29. The van der Waals surface area contributed by atoms with E-state index in [9.17, 15) is 4.79 Å². The lowest BCUT2D eigenvalue weighted by atomic mass is 9.93. The Balaban J connectivity index is 1.92. The third kappa shape index (κ3) is 4.54. The van der Waals surface area contributed by atoms with Crippen LogP contribution in [0.1, 0.15) is 44.0 Å². The molecule has 1 fully saturated rings. The van der Waals surface area contributed by atoms with Gasteiger partial charge in [0.05, 0.1) is 23.4 Å². The first kappa shape index (κ1) is 18.9. The number of likely N-dealkylation sites (tertiary alicyclic amines) is 1. The van der Waals surface area contributed by atoms with E-state index in [2.05, 4.69) is 31.0 Å². The average molecular weight is 354 g/mol. The summed E-state index contributed by atoms with van der Waals surface area (Å²) in [6.45, 7) is 9.54. The number of piperidine rings is 1. The molecule has 2 rings (SSSR count). The molecule has 0 atom stereocenters. The standard InChI is InChI=1S/C18H28ClN3O2/c1-18(2,3)22-7-5-12(6-8-22)11-21-17(23)13-9-14(19)15(20)10-16(13)24-4/h9-10,12H,5-8,11,20H2,1-4H3,(H,21,23). The molecule has 0 unspecified atom stereocenters. The molecule has 5 nitrogen and oxygen atoms in total.